The van der Waals surface area contributed by atoms with E-state index in [9.17, 15) is 0 Å². The number of alkyl halides is 1. The van der Waals surface area contributed by atoms with Crippen molar-refractivity contribution in [2.24, 2.45) is 0 Å². The van der Waals surface area contributed by atoms with E-state index in [1.807, 2.05) is 135 Å². The second kappa shape index (κ2) is 27.7. The number of hydrogen-bond donors (Lipinski definition) is 1. The molecule has 8 heterocycles. The summed E-state index contributed by atoms with van der Waals surface area (Å²) < 4.78 is 35.5. The van der Waals surface area contributed by atoms with Gasteiger partial charge in [-0.3, -0.25) is 0 Å². The molecule has 16 aromatic carbocycles. The molecule has 526 valence electrons. The highest BCUT2D eigenvalue weighted by atomic mass is 127. The van der Waals surface area contributed by atoms with E-state index in [-0.39, 0.29) is 7.43 Å². The van der Waals surface area contributed by atoms with Crippen LogP contribution in [0.25, 0.3) is 191 Å². The molecule has 0 bridgehead atoms. The molecule has 6 nitrogen and oxygen atoms in total. The Morgan fingerprint density at radius 3 is 1.00 bits per heavy atom. The summed E-state index contributed by atoms with van der Waals surface area (Å²) in [6.07, 6.45) is 0. The highest BCUT2D eigenvalue weighted by Gasteiger charge is 2.22. The Balaban J connectivity index is 0.000000117. The van der Waals surface area contributed by atoms with E-state index in [1.54, 1.807) is 0 Å². The largest absolute Gasteiger partial charge is 0.456 e. The Morgan fingerprint density at radius 2 is 0.582 bits per heavy atom. The van der Waals surface area contributed by atoms with E-state index in [1.165, 1.54) is 103 Å². The van der Waals surface area contributed by atoms with Gasteiger partial charge in [-0.2, -0.15) is 0 Å². The number of furan rings is 4. The van der Waals surface area contributed by atoms with Gasteiger partial charge in [0.1, 0.15) is 44.7 Å². The van der Waals surface area contributed by atoms with Crippen LogP contribution in [-0.4, -0.2) is 4.93 Å². The fourth-order valence-corrected chi connectivity index (χ4v) is 21.2. The van der Waals surface area contributed by atoms with Crippen molar-refractivity contribution < 1.29 is 17.7 Å². The molecule has 12 heteroatoms. The number of fused-ring (bicyclic) bond motifs is 26. The number of hydrogen-bond acceptors (Lipinski definition) is 10. The van der Waals surface area contributed by atoms with Crippen LogP contribution in [-0.2, 0) is 0 Å². The zero-order valence-electron chi connectivity index (χ0n) is 58.1. The van der Waals surface area contributed by atoms with Gasteiger partial charge >= 0.3 is 0 Å². The monoisotopic (exact) mass is 1620 g/mol. The van der Waals surface area contributed by atoms with Crippen molar-refractivity contribution >= 4 is 276 Å². The lowest BCUT2D eigenvalue weighted by molar-refractivity contribution is 0.668. The van der Waals surface area contributed by atoms with Crippen molar-refractivity contribution in [3.63, 3.8) is 0 Å². The van der Waals surface area contributed by atoms with Crippen molar-refractivity contribution in [2.75, 3.05) is 15.1 Å². The van der Waals surface area contributed by atoms with Crippen LogP contribution in [0.1, 0.15) is 7.43 Å². The van der Waals surface area contributed by atoms with E-state index in [4.69, 9.17) is 29.3 Å². The summed E-state index contributed by atoms with van der Waals surface area (Å²) in [7, 11) is 0. The minimum absolute atomic E-state index is 0. The zero-order valence-corrected chi connectivity index (χ0v) is 64.3. The average molecular weight is 1620 g/mol. The molecule has 0 amide bonds. The third kappa shape index (κ3) is 11.4. The van der Waals surface area contributed by atoms with Crippen molar-refractivity contribution in [1.29, 1.82) is 0 Å². The van der Waals surface area contributed by atoms with Crippen LogP contribution in [0.2, 0.25) is 5.02 Å². The summed E-state index contributed by atoms with van der Waals surface area (Å²) in [4.78, 5) is 4.26. The van der Waals surface area contributed by atoms with Gasteiger partial charge in [0.25, 0.3) is 0 Å². The summed E-state index contributed by atoms with van der Waals surface area (Å²) in [5.41, 5.74) is 17.1. The van der Waals surface area contributed by atoms with Gasteiger partial charge in [-0.25, -0.2) is 0 Å². The molecule has 24 rings (SSSR count). The van der Waals surface area contributed by atoms with Crippen LogP contribution in [0.3, 0.4) is 0 Å². The van der Waals surface area contributed by atoms with Crippen molar-refractivity contribution in [1.82, 2.24) is 0 Å². The molecule has 0 aliphatic carbocycles. The maximum atomic E-state index is 6.37. The van der Waals surface area contributed by atoms with Gasteiger partial charge in [0.05, 0.1) is 0 Å². The van der Waals surface area contributed by atoms with Crippen LogP contribution >= 0.6 is 79.5 Å². The quantitative estimate of drug-likeness (QED) is 0.127. The molecule has 0 aliphatic heterocycles. The summed E-state index contributed by atoms with van der Waals surface area (Å²) >= 11 is 15.8. The molecular weight excluding hydrogens is 1560 g/mol. The van der Waals surface area contributed by atoms with Crippen molar-refractivity contribution in [2.45, 2.75) is 7.43 Å². The van der Waals surface area contributed by atoms with E-state index in [0.29, 0.717) is 0 Å². The summed E-state index contributed by atoms with van der Waals surface area (Å²) in [6, 6.07) is 115. The number of halogens is 2. The molecule has 8 aromatic heterocycles. The molecule has 0 atom stereocenters. The van der Waals surface area contributed by atoms with Crippen LogP contribution in [0, 0.1) is 0 Å². The van der Waals surface area contributed by atoms with Gasteiger partial charge in [0.15, 0.2) is 0 Å². The SMILES string of the molecule is C.CI.Clc1ccc(-c2cccc3c2sc2c3ccc3sc4ccccc4c32)cc1.c1ccc2c(c1)oc1cc(N(c3ccc(-c4cccc5c4sc4c5ccc5sc6ccccc6c54)cc3)c3ccc4c(c3)oc3ccccc34)ccc12.c1ccc2c(c1)oc1cc(Nc3ccc4c(c3)oc3ccccc34)ccc12. The third-order valence-electron chi connectivity index (χ3n) is 20.9. The normalized spacial score (nSPS) is 11.7. The van der Waals surface area contributed by atoms with Crippen LogP contribution in [0.5, 0.6) is 0 Å². The second-order valence-electron chi connectivity index (χ2n) is 27.1. The second-order valence-corrected chi connectivity index (χ2v) is 31.7. The molecule has 0 unspecified atom stereocenters. The first-order chi connectivity index (χ1) is 53.9. The number of rotatable bonds is 7. The predicted molar refractivity (Wildman–Crippen MR) is 487 cm³/mol. The van der Waals surface area contributed by atoms with Crippen LogP contribution < -0.4 is 10.2 Å². The number of nitrogens with zero attached hydrogens (tertiary/aromatic N) is 1. The smallest absolute Gasteiger partial charge is 0.137 e. The van der Waals surface area contributed by atoms with Gasteiger partial charge in [0, 0.05) is 182 Å². The lowest BCUT2D eigenvalue weighted by Crippen LogP contribution is -2.09. The maximum Gasteiger partial charge on any atom is 0.137 e. The number of nitrogens with one attached hydrogen (secondary N) is 1. The van der Waals surface area contributed by atoms with Gasteiger partial charge in [-0.15, -0.1) is 45.3 Å². The van der Waals surface area contributed by atoms with E-state index >= 15 is 0 Å². The number of anilines is 5. The van der Waals surface area contributed by atoms with E-state index in [0.717, 1.165) is 121 Å². The van der Waals surface area contributed by atoms with Gasteiger partial charge in [-0.05, 0) is 149 Å². The number of para-hydroxylation sites is 4. The fraction of sp³-hybridized carbons (Fsp3) is 0.0204. The summed E-state index contributed by atoms with van der Waals surface area (Å²) in [5.74, 6) is 0. The predicted octanol–water partition coefficient (Wildman–Crippen LogP) is 33.0. The average Bonchev–Trinajstić information content (AvgIpc) is 1.58. The van der Waals surface area contributed by atoms with Crippen molar-refractivity contribution in [3.8, 4) is 22.3 Å². The minimum Gasteiger partial charge on any atom is -0.456 e. The van der Waals surface area contributed by atoms with E-state index < -0.39 is 0 Å². The lowest BCUT2D eigenvalue weighted by Gasteiger charge is -2.25. The first kappa shape index (κ1) is 67.6. The maximum absolute atomic E-state index is 6.37. The lowest BCUT2D eigenvalue weighted by atomic mass is 10.0. The third-order valence-corrected chi connectivity index (χ3v) is 26.0. The Morgan fingerprint density at radius 1 is 0.264 bits per heavy atom. The van der Waals surface area contributed by atoms with Gasteiger partial charge in [-0.1, -0.05) is 224 Å². The Kier molecular flexibility index (Phi) is 17.0. The fourth-order valence-electron chi connectivity index (χ4n) is 15.9. The molecule has 0 aliphatic rings. The zero-order chi connectivity index (χ0) is 72.4. The molecule has 1 N–H and O–H groups in total. The van der Waals surface area contributed by atoms with E-state index in [2.05, 4.69) is 275 Å². The highest BCUT2D eigenvalue weighted by molar-refractivity contribution is 14.1. The molecule has 0 spiro atoms. The first-order valence-corrected chi connectivity index (χ1v) is 41.7. The van der Waals surface area contributed by atoms with Gasteiger partial charge in [0.2, 0.25) is 0 Å². The molecule has 0 radical (unpaired) electrons. The molecule has 110 heavy (non-hydrogen) atoms. The molecular formula is C98H62ClIN2O4S4. The van der Waals surface area contributed by atoms with Crippen molar-refractivity contribution in [3.05, 3.63) is 333 Å². The molecule has 24 aromatic rings. The number of thiophene rings is 4. The van der Waals surface area contributed by atoms with Gasteiger partial charge < -0.3 is 27.9 Å². The highest BCUT2D eigenvalue weighted by Crippen LogP contribution is 2.50. The Bertz CT molecular complexity index is 7500. The molecule has 0 saturated carbocycles. The first-order valence-electron chi connectivity index (χ1n) is 35.9. The molecule has 0 fully saturated rings. The molecule has 0 saturated heterocycles. The standard InChI is InChI=1S/C48H27NO2S2.C24H13ClS2.C24H15NO2.CH3I.CH4/c1-4-13-40-33(8-1)35-22-20-30(26-42(35)50-40)49(31-21-23-36-34-9-2-5-14-41(34)51-43(36)27-31)29-18-16-28(17-19-29)32-11-7-12-37-38-24-25-45-46(48(38)53-47(32)37)39-10-3-6-15-44(39)52-45;25-15-10-8-14(9-11-15)16-5-3-6-17-18-12-13-21-22(24(18)27-23(16)17)19-4-1-2-7-20(19)26-21;1-3-7-21-17(5-1)19-11-9-15(13-23(19)26-21)25-16-10-12-20-18-6-2-4-8-22(18)27-24(20)14-16;1-2;/h1-27H;1-13H;1-14,25H;1H3;1H4. The summed E-state index contributed by atoms with van der Waals surface area (Å²) in [5, 5.41) is 24.0. The topological polar surface area (TPSA) is 67.8 Å². The Labute approximate surface area is 665 Å². The minimum atomic E-state index is 0. The Hall–Kier alpha value is -11.8. The number of benzene rings is 16. The van der Waals surface area contributed by atoms with Crippen LogP contribution in [0.4, 0.5) is 28.4 Å². The van der Waals surface area contributed by atoms with Crippen LogP contribution in [0.15, 0.2) is 345 Å². The summed E-state index contributed by atoms with van der Waals surface area (Å²) in [6.45, 7) is 0.